The van der Waals surface area contributed by atoms with E-state index < -0.39 is 10.1 Å². The first-order chi connectivity index (χ1) is 6.41. The van der Waals surface area contributed by atoms with Gasteiger partial charge in [-0.05, 0) is 19.1 Å². The van der Waals surface area contributed by atoms with Crippen LogP contribution in [0.25, 0.3) is 0 Å². The molecule has 1 aromatic carbocycles. The topological polar surface area (TPSA) is 107 Å². The smallest absolute Gasteiger partial charge is 0.444 e. The molecule has 1 rings (SSSR count). The largest absolute Gasteiger partial charge is 1.00 e. The van der Waals surface area contributed by atoms with E-state index in [-0.39, 0.29) is 34.5 Å². The van der Waals surface area contributed by atoms with Gasteiger partial charge in [0.2, 0.25) is 0 Å². The van der Waals surface area contributed by atoms with Crippen LogP contribution in [0.5, 0.6) is 0 Å². The van der Waals surface area contributed by atoms with E-state index in [1.54, 1.807) is 12.1 Å². The molecule has 1 aromatic rings. The zero-order chi connectivity index (χ0) is 11.2. The van der Waals surface area contributed by atoms with E-state index in [1.807, 2.05) is 6.92 Å². The summed E-state index contributed by atoms with van der Waals surface area (Å²) in [5.74, 6) is 0. The van der Waals surface area contributed by atoms with Crippen molar-refractivity contribution in [3.63, 3.8) is 0 Å². The molecule has 0 saturated carbocycles. The molecule has 0 aliphatic rings. The maximum Gasteiger partial charge on any atom is 1.00 e. The van der Waals surface area contributed by atoms with Crippen LogP contribution in [0, 0.1) is 17.0 Å². The van der Waals surface area contributed by atoms with Crippen molar-refractivity contribution in [1.29, 1.82) is 0 Å². The molecule has 0 saturated heterocycles. The van der Waals surface area contributed by atoms with Crippen molar-refractivity contribution < 1.29 is 42.5 Å². The fraction of sp³-hybridized carbons (Fsp3) is 0.143. The summed E-state index contributed by atoms with van der Waals surface area (Å²) in [5.41, 5.74) is 0.956. The van der Waals surface area contributed by atoms with Gasteiger partial charge in [-0.25, -0.2) is 0 Å². The predicted octanol–water partition coefficient (Wildman–Crippen LogP) is -1.50. The number of nitrogens with zero attached hydrogens (tertiary/aromatic N) is 1. The van der Waals surface area contributed by atoms with Crippen molar-refractivity contribution >= 4 is 10.1 Å². The van der Waals surface area contributed by atoms with Gasteiger partial charge in [-0.3, -0.25) is 4.55 Å². The Kier molecular flexibility index (Phi) is 8.78. The van der Waals surface area contributed by atoms with Crippen LogP contribution < -0.4 is 29.6 Å². The minimum Gasteiger partial charge on any atom is -0.444 e. The summed E-state index contributed by atoms with van der Waals surface area (Å²) in [7, 11) is -4.02. The Morgan fingerprint density at radius 3 is 1.87 bits per heavy atom. The standard InChI is InChI=1S/C7H8O3S.HNO2.Na/c1-6-2-4-7(5-3-6)11(8,9)10;2-1-3;/h2-5H,1H3,(H,8,9,10);(H,2,3);/q;;+1/p-1. The van der Waals surface area contributed by atoms with Crippen LogP contribution in [0.3, 0.4) is 0 Å². The van der Waals surface area contributed by atoms with Gasteiger partial charge in [0, 0.05) is 0 Å². The second-order valence-corrected chi connectivity index (χ2v) is 3.78. The molecule has 0 aliphatic heterocycles. The molecule has 0 heterocycles. The Balaban J connectivity index is 0. The third-order valence-electron chi connectivity index (χ3n) is 1.32. The SMILES string of the molecule is Cc1ccc(S(=O)(=O)O)cc1.O=N[O-].[Na+]. The molecular weight excluding hydrogens is 233 g/mol. The second kappa shape index (κ2) is 7.77. The monoisotopic (exact) mass is 241 g/mol. The molecule has 15 heavy (non-hydrogen) atoms. The maximum absolute atomic E-state index is 10.5. The summed E-state index contributed by atoms with van der Waals surface area (Å²) in [6, 6.07) is 5.99. The number of hydrogen-bond donors (Lipinski definition) is 1. The molecule has 0 fully saturated rings. The average Bonchev–Trinajstić information content (AvgIpc) is 2.04. The molecule has 1 N–H and O–H groups in total. The first-order valence-electron chi connectivity index (χ1n) is 3.41. The van der Waals surface area contributed by atoms with Gasteiger partial charge >= 0.3 is 29.6 Å². The first-order valence-corrected chi connectivity index (χ1v) is 4.85. The summed E-state index contributed by atoms with van der Waals surface area (Å²) >= 11 is 0. The van der Waals surface area contributed by atoms with Gasteiger partial charge in [-0.15, -0.1) is 5.34 Å². The van der Waals surface area contributed by atoms with E-state index in [9.17, 15) is 8.42 Å². The summed E-state index contributed by atoms with van der Waals surface area (Å²) in [5, 5.41) is 9.00. The fourth-order valence-corrected chi connectivity index (χ4v) is 1.19. The van der Waals surface area contributed by atoms with Gasteiger partial charge in [0.25, 0.3) is 10.1 Å². The van der Waals surface area contributed by atoms with Gasteiger partial charge in [0.15, 0.2) is 0 Å². The summed E-state index contributed by atoms with van der Waals surface area (Å²) < 4.78 is 29.6. The molecule has 0 radical (unpaired) electrons. The Labute approximate surface area is 109 Å². The van der Waals surface area contributed by atoms with Crippen LogP contribution in [-0.2, 0) is 10.1 Å². The minimum atomic E-state index is -4.02. The molecule has 0 atom stereocenters. The molecule has 6 nitrogen and oxygen atoms in total. The number of hydrogen-bond acceptors (Lipinski definition) is 5. The van der Waals surface area contributed by atoms with E-state index in [4.69, 9.17) is 14.7 Å². The normalized spacial score (nSPS) is 9.20. The van der Waals surface area contributed by atoms with Crippen molar-refractivity contribution in [3.8, 4) is 0 Å². The van der Waals surface area contributed by atoms with Crippen molar-refractivity contribution in [2.45, 2.75) is 11.8 Å². The van der Waals surface area contributed by atoms with Crippen LogP contribution in [-0.4, -0.2) is 13.0 Å². The maximum atomic E-state index is 10.5. The van der Waals surface area contributed by atoms with Crippen molar-refractivity contribution in [1.82, 2.24) is 0 Å². The van der Waals surface area contributed by atoms with Crippen LogP contribution in [0.15, 0.2) is 34.5 Å². The van der Waals surface area contributed by atoms with E-state index in [0.29, 0.717) is 0 Å². The molecule has 0 unspecified atom stereocenters. The molecule has 8 heteroatoms. The molecular formula is C7H8NNaO5S. The quantitative estimate of drug-likeness (QED) is 0.278. The van der Waals surface area contributed by atoms with E-state index in [1.165, 1.54) is 12.1 Å². The van der Waals surface area contributed by atoms with Crippen LogP contribution in [0.1, 0.15) is 5.56 Å². The van der Waals surface area contributed by atoms with Crippen LogP contribution in [0.4, 0.5) is 0 Å². The molecule has 0 aliphatic carbocycles. The van der Waals surface area contributed by atoms with Crippen molar-refractivity contribution in [2.24, 2.45) is 5.34 Å². The average molecular weight is 241 g/mol. The fourth-order valence-electron chi connectivity index (χ4n) is 0.710. The third-order valence-corrected chi connectivity index (χ3v) is 2.19. The van der Waals surface area contributed by atoms with Crippen LogP contribution >= 0.6 is 0 Å². The molecule has 0 aromatic heterocycles. The van der Waals surface area contributed by atoms with Gasteiger partial charge in [0.1, 0.15) is 0 Å². The first kappa shape index (κ1) is 16.9. The number of benzene rings is 1. The van der Waals surface area contributed by atoms with E-state index in [2.05, 4.69) is 0 Å². The molecule has 78 valence electrons. The van der Waals surface area contributed by atoms with Gasteiger partial charge in [-0.2, -0.15) is 8.42 Å². The van der Waals surface area contributed by atoms with Crippen LogP contribution in [0.2, 0.25) is 0 Å². The summed E-state index contributed by atoms with van der Waals surface area (Å²) in [6.45, 7) is 1.84. The Morgan fingerprint density at radius 1 is 1.27 bits per heavy atom. The van der Waals surface area contributed by atoms with Gasteiger partial charge < -0.3 is 10.1 Å². The van der Waals surface area contributed by atoms with Crippen molar-refractivity contribution in [3.05, 3.63) is 39.9 Å². The minimum absolute atomic E-state index is 0. The van der Waals surface area contributed by atoms with E-state index >= 15 is 0 Å². The summed E-state index contributed by atoms with van der Waals surface area (Å²) in [4.78, 5) is 7.93. The number of rotatable bonds is 1. The second-order valence-electron chi connectivity index (χ2n) is 2.36. The predicted molar refractivity (Wildman–Crippen MR) is 50.2 cm³/mol. The molecule has 0 amide bonds. The number of aryl methyl sites for hydroxylation is 1. The third kappa shape index (κ3) is 7.46. The van der Waals surface area contributed by atoms with Crippen molar-refractivity contribution in [2.75, 3.05) is 0 Å². The Hall–Kier alpha value is -0.470. The molecule has 0 spiro atoms. The Bertz CT molecular complexity index is 388. The zero-order valence-corrected chi connectivity index (χ0v) is 11.1. The Morgan fingerprint density at radius 2 is 1.60 bits per heavy atom. The van der Waals surface area contributed by atoms with E-state index in [0.717, 1.165) is 10.9 Å². The van der Waals surface area contributed by atoms with Gasteiger partial charge in [-0.1, -0.05) is 17.7 Å². The summed E-state index contributed by atoms with van der Waals surface area (Å²) in [6.07, 6.45) is 0. The molecule has 0 bridgehead atoms. The van der Waals surface area contributed by atoms with Gasteiger partial charge in [0.05, 0.1) is 4.90 Å². The zero-order valence-electron chi connectivity index (χ0n) is 8.25.